The van der Waals surface area contributed by atoms with Crippen molar-refractivity contribution in [2.75, 3.05) is 0 Å². The molecule has 0 saturated heterocycles. The highest BCUT2D eigenvalue weighted by atomic mass is 19.1. The van der Waals surface area contributed by atoms with Gasteiger partial charge < -0.3 is 5.32 Å². The normalized spacial score (nSPS) is 15.9. The second-order valence-corrected chi connectivity index (χ2v) is 5.03. The number of halogens is 1. The van der Waals surface area contributed by atoms with E-state index in [9.17, 15) is 9.18 Å². The quantitative estimate of drug-likeness (QED) is 0.926. The monoisotopic (exact) mass is 274 g/mol. The second-order valence-electron chi connectivity index (χ2n) is 5.03. The number of rotatable bonds is 4. The van der Waals surface area contributed by atoms with Gasteiger partial charge >= 0.3 is 0 Å². The Labute approximate surface area is 115 Å². The Morgan fingerprint density at radius 3 is 2.90 bits per heavy atom. The first kappa shape index (κ1) is 12.8. The molecular formula is C14H15FN4O. The highest BCUT2D eigenvalue weighted by Crippen LogP contribution is 2.21. The Balaban J connectivity index is 1.78. The van der Waals surface area contributed by atoms with E-state index in [2.05, 4.69) is 15.6 Å². The number of nitrogens with one attached hydrogen (secondary N) is 1. The Kier molecular flexibility index (Phi) is 3.22. The summed E-state index contributed by atoms with van der Waals surface area (Å²) in [5.41, 5.74) is 0.784. The minimum absolute atomic E-state index is 0.223. The Hall–Kier alpha value is -2.24. The predicted octanol–water partition coefficient (Wildman–Crippen LogP) is 1.92. The Bertz CT molecular complexity index is 636. The topological polar surface area (TPSA) is 59.8 Å². The maximum absolute atomic E-state index is 13.7. The molecule has 1 heterocycles. The summed E-state index contributed by atoms with van der Waals surface area (Å²) in [6.07, 6.45) is 3.59. The minimum Gasteiger partial charge on any atom is -0.348 e. The van der Waals surface area contributed by atoms with Gasteiger partial charge in [0.25, 0.3) is 5.91 Å². The van der Waals surface area contributed by atoms with E-state index in [0.717, 1.165) is 12.8 Å². The van der Waals surface area contributed by atoms with Crippen molar-refractivity contribution < 1.29 is 9.18 Å². The molecule has 1 atom stereocenters. The van der Waals surface area contributed by atoms with E-state index in [1.165, 1.54) is 10.7 Å². The molecular weight excluding hydrogens is 259 g/mol. The van der Waals surface area contributed by atoms with E-state index >= 15 is 0 Å². The van der Waals surface area contributed by atoms with E-state index in [1.807, 2.05) is 6.92 Å². The average Bonchev–Trinajstić information content (AvgIpc) is 3.11. The molecule has 1 aliphatic carbocycles. The second kappa shape index (κ2) is 5.03. The first-order valence-electron chi connectivity index (χ1n) is 6.62. The predicted molar refractivity (Wildman–Crippen MR) is 70.7 cm³/mol. The molecule has 104 valence electrons. The van der Waals surface area contributed by atoms with Crippen molar-refractivity contribution in [1.29, 1.82) is 0 Å². The smallest absolute Gasteiger partial charge is 0.273 e. The molecule has 1 N–H and O–H groups in total. The summed E-state index contributed by atoms with van der Waals surface area (Å²) in [5, 5.41) is 10.6. The molecule has 5 nitrogen and oxygen atoms in total. The molecule has 0 spiro atoms. The van der Waals surface area contributed by atoms with Crippen LogP contribution in [-0.4, -0.2) is 26.9 Å². The van der Waals surface area contributed by atoms with Crippen molar-refractivity contribution in [3.63, 3.8) is 0 Å². The summed E-state index contributed by atoms with van der Waals surface area (Å²) in [7, 11) is 0. The molecule has 3 rings (SSSR count). The fourth-order valence-corrected chi connectivity index (χ4v) is 2.01. The van der Waals surface area contributed by atoms with Crippen LogP contribution in [0, 0.1) is 5.82 Å². The van der Waals surface area contributed by atoms with Gasteiger partial charge in [-0.1, -0.05) is 23.4 Å². The summed E-state index contributed by atoms with van der Waals surface area (Å²) in [6.45, 7) is 1.82. The number of amides is 1. The third-order valence-corrected chi connectivity index (χ3v) is 3.41. The molecule has 1 saturated carbocycles. The van der Waals surface area contributed by atoms with Crippen LogP contribution in [0.15, 0.2) is 30.5 Å². The summed E-state index contributed by atoms with van der Waals surface area (Å²) in [4.78, 5) is 11.8. The van der Waals surface area contributed by atoms with Crippen LogP contribution in [0.2, 0.25) is 0 Å². The minimum atomic E-state index is -0.314. The lowest BCUT2D eigenvalue weighted by molar-refractivity contribution is 0.0946. The van der Waals surface area contributed by atoms with Gasteiger partial charge in [-0.25, -0.2) is 9.07 Å². The maximum Gasteiger partial charge on any atom is 0.273 e. The number of carbonyl (C=O) groups excluding carboxylic acids is 1. The summed E-state index contributed by atoms with van der Waals surface area (Å²) >= 11 is 0. The molecule has 1 amide bonds. The van der Waals surface area contributed by atoms with Crippen LogP contribution < -0.4 is 5.32 Å². The van der Waals surface area contributed by atoms with Crippen molar-refractivity contribution in [3.05, 3.63) is 47.5 Å². The zero-order chi connectivity index (χ0) is 14.1. The van der Waals surface area contributed by atoms with Crippen molar-refractivity contribution in [2.45, 2.75) is 31.8 Å². The van der Waals surface area contributed by atoms with Crippen LogP contribution in [-0.2, 0) is 0 Å². The number of benzene rings is 1. The molecule has 6 heteroatoms. The highest BCUT2D eigenvalue weighted by Gasteiger charge is 2.25. The number of hydrogen-bond acceptors (Lipinski definition) is 3. The number of hydrogen-bond donors (Lipinski definition) is 1. The van der Waals surface area contributed by atoms with Crippen LogP contribution in [0.5, 0.6) is 0 Å². The van der Waals surface area contributed by atoms with Crippen LogP contribution in [0.1, 0.15) is 41.9 Å². The number of nitrogens with zero attached hydrogens (tertiary/aromatic N) is 3. The fourth-order valence-electron chi connectivity index (χ4n) is 2.01. The zero-order valence-corrected chi connectivity index (χ0v) is 11.1. The zero-order valence-electron chi connectivity index (χ0n) is 11.1. The molecule has 1 aromatic heterocycles. The first-order chi connectivity index (χ1) is 9.65. The van der Waals surface area contributed by atoms with Gasteiger partial charge in [-0.3, -0.25) is 4.79 Å². The van der Waals surface area contributed by atoms with Crippen LogP contribution in [0.25, 0.3) is 0 Å². The van der Waals surface area contributed by atoms with Gasteiger partial charge in [0.15, 0.2) is 5.69 Å². The molecule has 0 bridgehead atoms. The largest absolute Gasteiger partial charge is 0.348 e. The van der Waals surface area contributed by atoms with Crippen molar-refractivity contribution in [3.8, 4) is 0 Å². The van der Waals surface area contributed by atoms with Crippen molar-refractivity contribution in [1.82, 2.24) is 20.3 Å². The summed E-state index contributed by atoms with van der Waals surface area (Å²) in [6, 6.07) is 6.48. The van der Waals surface area contributed by atoms with E-state index in [1.54, 1.807) is 24.4 Å². The third kappa shape index (κ3) is 2.54. The van der Waals surface area contributed by atoms with E-state index in [-0.39, 0.29) is 29.5 Å². The number of carbonyl (C=O) groups is 1. The SMILES string of the molecule is CC(c1ccccc1F)n1cc(C(=O)NC2CC2)nn1. The Morgan fingerprint density at radius 2 is 2.20 bits per heavy atom. The van der Waals surface area contributed by atoms with E-state index in [0.29, 0.717) is 5.56 Å². The van der Waals surface area contributed by atoms with E-state index < -0.39 is 0 Å². The van der Waals surface area contributed by atoms with E-state index in [4.69, 9.17) is 0 Å². The number of aromatic nitrogens is 3. The molecule has 1 aliphatic rings. The Morgan fingerprint density at radius 1 is 1.45 bits per heavy atom. The van der Waals surface area contributed by atoms with Gasteiger partial charge in [0.1, 0.15) is 5.82 Å². The standard InChI is InChI=1S/C14H15FN4O/c1-9(11-4-2-3-5-12(11)15)19-8-13(17-18-19)14(20)16-10-6-7-10/h2-5,8-10H,6-7H2,1H3,(H,16,20). The van der Waals surface area contributed by atoms with Crippen LogP contribution >= 0.6 is 0 Å². The molecule has 0 radical (unpaired) electrons. The van der Waals surface area contributed by atoms with Crippen molar-refractivity contribution in [2.24, 2.45) is 0 Å². The lowest BCUT2D eigenvalue weighted by Gasteiger charge is -2.12. The van der Waals surface area contributed by atoms with Gasteiger partial charge in [-0.15, -0.1) is 5.10 Å². The highest BCUT2D eigenvalue weighted by molar-refractivity contribution is 5.92. The summed E-state index contributed by atoms with van der Waals surface area (Å²) in [5.74, 6) is -0.515. The molecule has 1 unspecified atom stereocenters. The fraction of sp³-hybridized carbons (Fsp3) is 0.357. The third-order valence-electron chi connectivity index (χ3n) is 3.41. The lowest BCUT2D eigenvalue weighted by atomic mass is 10.1. The molecule has 1 aromatic carbocycles. The molecule has 0 aliphatic heterocycles. The van der Waals surface area contributed by atoms with Gasteiger partial charge in [0, 0.05) is 11.6 Å². The molecule has 20 heavy (non-hydrogen) atoms. The maximum atomic E-state index is 13.7. The average molecular weight is 274 g/mol. The molecule has 1 fully saturated rings. The van der Waals surface area contributed by atoms with Gasteiger partial charge in [-0.2, -0.15) is 0 Å². The van der Waals surface area contributed by atoms with Gasteiger partial charge in [-0.05, 0) is 25.8 Å². The summed E-state index contributed by atoms with van der Waals surface area (Å²) < 4.78 is 15.2. The van der Waals surface area contributed by atoms with Crippen LogP contribution in [0.4, 0.5) is 4.39 Å². The van der Waals surface area contributed by atoms with Gasteiger partial charge in [0.05, 0.1) is 12.2 Å². The van der Waals surface area contributed by atoms with Crippen molar-refractivity contribution >= 4 is 5.91 Å². The van der Waals surface area contributed by atoms with Crippen LogP contribution in [0.3, 0.4) is 0 Å². The van der Waals surface area contributed by atoms with Gasteiger partial charge in [0.2, 0.25) is 0 Å². The molecule has 2 aromatic rings. The first-order valence-corrected chi connectivity index (χ1v) is 6.62. The lowest BCUT2D eigenvalue weighted by Crippen LogP contribution is -2.25.